The molecule has 2 atom stereocenters. The van der Waals surface area contributed by atoms with Crippen molar-refractivity contribution in [1.29, 1.82) is 0 Å². The molecule has 0 aromatic carbocycles. The number of nitrogens with zero attached hydrogens (tertiary/aromatic N) is 1. The summed E-state index contributed by atoms with van der Waals surface area (Å²) < 4.78 is 26.1. The molecule has 0 spiro atoms. The molecule has 2 rings (SSSR count). The Kier molecular flexibility index (Phi) is 3.90. The summed E-state index contributed by atoms with van der Waals surface area (Å²) in [5, 5.41) is 0. The van der Waals surface area contributed by atoms with Gasteiger partial charge < -0.3 is 10.6 Å². The van der Waals surface area contributed by atoms with E-state index in [1.165, 1.54) is 0 Å². The predicted octanol–water partition coefficient (Wildman–Crippen LogP) is 2.01. The maximum atomic E-state index is 13.1. The monoisotopic (exact) mass is 260 g/mol. The molecule has 0 radical (unpaired) electrons. The molecule has 1 saturated carbocycles. The molecule has 104 valence electrons. The summed E-state index contributed by atoms with van der Waals surface area (Å²) in [6, 6.07) is 0.0210. The number of halogens is 2. The summed E-state index contributed by atoms with van der Waals surface area (Å²) in [6.45, 7) is 3.39. The SMILES string of the molecule is CC1CCN(C(=O)C2CCC(F)(F)CC2)CC1N. The first-order valence-electron chi connectivity index (χ1n) is 6.81. The van der Waals surface area contributed by atoms with Crippen molar-refractivity contribution in [2.24, 2.45) is 17.6 Å². The number of rotatable bonds is 1. The number of piperidine rings is 1. The van der Waals surface area contributed by atoms with E-state index < -0.39 is 5.92 Å². The zero-order valence-electron chi connectivity index (χ0n) is 10.9. The first-order valence-corrected chi connectivity index (χ1v) is 6.81. The van der Waals surface area contributed by atoms with Gasteiger partial charge in [0.25, 0.3) is 0 Å². The average molecular weight is 260 g/mol. The molecular weight excluding hydrogens is 238 g/mol. The van der Waals surface area contributed by atoms with Crippen molar-refractivity contribution in [2.75, 3.05) is 13.1 Å². The lowest BCUT2D eigenvalue weighted by Crippen LogP contribution is -2.51. The Morgan fingerprint density at radius 1 is 1.28 bits per heavy atom. The molecule has 2 unspecified atom stereocenters. The Balaban J connectivity index is 1.88. The Morgan fingerprint density at radius 2 is 1.89 bits per heavy atom. The second-order valence-electron chi connectivity index (χ2n) is 5.84. The van der Waals surface area contributed by atoms with Gasteiger partial charge in [0.15, 0.2) is 0 Å². The minimum absolute atomic E-state index is 0.0210. The molecule has 3 nitrogen and oxygen atoms in total. The van der Waals surface area contributed by atoms with Gasteiger partial charge in [-0.1, -0.05) is 6.92 Å². The first kappa shape index (κ1) is 13.7. The van der Waals surface area contributed by atoms with Crippen molar-refractivity contribution in [1.82, 2.24) is 4.90 Å². The molecule has 1 heterocycles. The van der Waals surface area contributed by atoms with Crippen LogP contribution in [-0.2, 0) is 4.79 Å². The van der Waals surface area contributed by atoms with Crippen LogP contribution in [-0.4, -0.2) is 35.9 Å². The quantitative estimate of drug-likeness (QED) is 0.784. The van der Waals surface area contributed by atoms with Crippen molar-refractivity contribution in [3.63, 3.8) is 0 Å². The fourth-order valence-corrected chi connectivity index (χ4v) is 2.84. The number of carbonyl (C=O) groups excluding carboxylic acids is 1. The van der Waals surface area contributed by atoms with Gasteiger partial charge in [-0.15, -0.1) is 0 Å². The molecule has 1 amide bonds. The van der Waals surface area contributed by atoms with Crippen LogP contribution in [0.3, 0.4) is 0 Å². The van der Waals surface area contributed by atoms with E-state index in [1.54, 1.807) is 4.90 Å². The minimum atomic E-state index is -2.57. The lowest BCUT2D eigenvalue weighted by atomic mass is 9.85. The molecular formula is C13H22F2N2O. The molecule has 0 bridgehead atoms. The molecule has 0 aromatic heterocycles. The third kappa shape index (κ3) is 2.99. The van der Waals surface area contributed by atoms with Gasteiger partial charge in [-0.05, 0) is 25.2 Å². The second kappa shape index (κ2) is 5.11. The van der Waals surface area contributed by atoms with Crippen LogP contribution in [0, 0.1) is 11.8 Å². The van der Waals surface area contributed by atoms with Gasteiger partial charge in [0.1, 0.15) is 0 Å². The second-order valence-corrected chi connectivity index (χ2v) is 5.84. The van der Waals surface area contributed by atoms with E-state index in [4.69, 9.17) is 5.73 Å². The van der Waals surface area contributed by atoms with E-state index in [1.807, 2.05) is 0 Å². The van der Waals surface area contributed by atoms with Crippen LogP contribution in [0.15, 0.2) is 0 Å². The lowest BCUT2D eigenvalue weighted by molar-refractivity contribution is -0.141. The highest BCUT2D eigenvalue weighted by atomic mass is 19.3. The van der Waals surface area contributed by atoms with Gasteiger partial charge >= 0.3 is 0 Å². The van der Waals surface area contributed by atoms with Gasteiger partial charge in [0, 0.05) is 37.9 Å². The van der Waals surface area contributed by atoms with Crippen LogP contribution < -0.4 is 5.73 Å². The van der Waals surface area contributed by atoms with Gasteiger partial charge in [-0.3, -0.25) is 4.79 Å². The molecule has 1 aliphatic carbocycles. The van der Waals surface area contributed by atoms with E-state index >= 15 is 0 Å². The largest absolute Gasteiger partial charge is 0.341 e. The van der Waals surface area contributed by atoms with Crippen LogP contribution in [0.5, 0.6) is 0 Å². The van der Waals surface area contributed by atoms with Crippen LogP contribution in [0.1, 0.15) is 39.0 Å². The van der Waals surface area contributed by atoms with E-state index in [-0.39, 0.29) is 30.7 Å². The number of amides is 1. The Hall–Kier alpha value is -0.710. The molecule has 2 N–H and O–H groups in total. The first-order chi connectivity index (χ1) is 8.39. The van der Waals surface area contributed by atoms with Crippen LogP contribution in [0.4, 0.5) is 8.78 Å². The summed E-state index contributed by atoms with van der Waals surface area (Å²) >= 11 is 0. The predicted molar refractivity (Wildman–Crippen MR) is 65.2 cm³/mol. The number of hydrogen-bond donors (Lipinski definition) is 1. The summed E-state index contributed by atoms with van der Waals surface area (Å²) in [4.78, 5) is 14.0. The maximum absolute atomic E-state index is 13.1. The van der Waals surface area contributed by atoms with Crippen molar-refractivity contribution in [3.05, 3.63) is 0 Å². The Bertz CT molecular complexity index is 312. The average Bonchev–Trinajstić information content (AvgIpc) is 2.32. The highest BCUT2D eigenvalue weighted by molar-refractivity contribution is 5.79. The summed E-state index contributed by atoms with van der Waals surface area (Å²) in [5.41, 5.74) is 5.97. The van der Waals surface area contributed by atoms with Gasteiger partial charge in [0.2, 0.25) is 11.8 Å². The van der Waals surface area contributed by atoms with Gasteiger partial charge in [-0.2, -0.15) is 0 Å². The van der Waals surface area contributed by atoms with Crippen molar-refractivity contribution in [3.8, 4) is 0 Å². The van der Waals surface area contributed by atoms with Gasteiger partial charge in [-0.25, -0.2) is 8.78 Å². The third-order valence-electron chi connectivity index (χ3n) is 4.39. The van der Waals surface area contributed by atoms with E-state index in [2.05, 4.69) is 6.92 Å². The normalized spacial score (nSPS) is 33.4. The van der Waals surface area contributed by atoms with Crippen LogP contribution in [0.2, 0.25) is 0 Å². The van der Waals surface area contributed by atoms with Gasteiger partial charge in [0.05, 0.1) is 0 Å². The van der Waals surface area contributed by atoms with Crippen LogP contribution >= 0.6 is 0 Å². The Labute approximate surface area is 107 Å². The summed E-state index contributed by atoms with van der Waals surface area (Å²) in [6.07, 6.45) is 1.23. The highest BCUT2D eigenvalue weighted by Crippen LogP contribution is 2.37. The van der Waals surface area contributed by atoms with E-state index in [0.717, 1.165) is 13.0 Å². The molecule has 18 heavy (non-hydrogen) atoms. The van der Waals surface area contributed by atoms with Crippen molar-refractivity contribution in [2.45, 2.75) is 51.0 Å². The number of likely N-dealkylation sites (tertiary alicyclic amines) is 1. The molecule has 2 aliphatic rings. The highest BCUT2D eigenvalue weighted by Gasteiger charge is 2.39. The minimum Gasteiger partial charge on any atom is -0.341 e. The number of carbonyl (C=O) groups is 1. The van der Waals surface area contributed by atoms with Crippen molar-refractivity contribution < 1.29 is 13.6 Å². The van der Waals surface area contributed by atoms with E-state index in [0.29, 0.717) is 25.3 Å². The lowest BCUT2D eigenvalue weighted by Gasteiger charge is -2.38. The standard InChI is InChI=1S/C13H22F2N2O/c1-9-4-7-17(8-11(9)16)12(18)10-2-5-13(14,15)6-3-10/h9-11H,2-8,16H2,1H3. The third-order valence-corrected chi connectivity index (χ3v) is 4.39. The molecule has 2 fully saturated rings. The topological polar surface area (TPSA) is 46.3 Å². The number of hydrogen-bond acceptors (Lipinski definition) is 2. The Morgan fingerprint density at radius 3 is 2.44 bits per heavy atom. The molecule has 1 saturated heterocycles. The zero-order valence-corrected chi connectivity index (χ0v) is 10.9. The summed E-state index contributed by atoms with van der Waals surface area (Å²) in [7, 11) is 0. The molecule has 0 aromatic rings. The van der Waals surface area contributed by atoms with Crippen molar-refractivity contribution >= 4 is 5.91 Å². The van der Waals surface area contributed by atoms with Crippen LogP contribution in [0.25, 0.3) is 0 Å². The fourth-order valence-electron chi connectivity index (χ4n) is 2.84. The smallest absolute Gasteiger partial charge is 0.248 e. The number of nitrogens with two attached hydrogens (primary N) is 1. The van der Waals surface area contributed by atoms with E-state index in [9.17, 15) is 13.6 Å². The number of alkyl halides is 2. The zero-order chi connectivity index (χ0) is 13.3. The summed E-state index contributed by atoms with van der Waals surface area (Å²) in [5.74, 6) is -2.31. The molecule has 1 aliphatic heterocycles. The fraction of sp³-hybridized carbons (Fsp3) is 0.923. The molecule has 5 heteroatoms. The maximum Gasteiger partial charge on any atom is 0.248 e.